The Labute approximate surface area is 122 Å². The number of nitrogens with zero attached hydrogens (tertiary/aromatic N) is 1. The second-order valence-corrected chi connectivity index (χ2v) is 7.44. The van der Waals surface area contributed by atoms with Gasteiger partial charge in [0.25, 0.3) is 0 Å². The summed E-state index contributed by atoms with van der Waals surface area (Å²) in [5.74, 6) is 0. The Balaban J connectivity index is 1.90. The maximum atomic E-state index is 11.3. The summed E-state index contributed by atoms with van der Waals surface area (Å²) in [6.45, 7) is 1.05. The van der Waals surface area contributed by atoms with Crippen LogP contribution in [0.2, 0.25) is 0 Å². The molecule has 0 aliphatic rings. The SMILES string of the molecule is CS(=O)(=O)c1ccc(C(O)CNCc2cncs2)cc1. The number of aliphatic hydroxyl groups is 1. The Hall–Kier alpha value is -1.28. The van der Waals surface area contributed by atoms with Crippen molar-refractivity contribution in [3.63, 3.8) is 0 Å². The average Bonchev–Trinajstić information content (AvgIpc) is 2.91. The first-order valence-electron chi connectivity index (χ1n) is 6.03. The van der Waals surface area contributed by atoms with Crippen molar-refractivity contribution in [2.45, 2.75) is 17.5 Å². The van der Waals surface area contributed by atoms with Gasteiger partial charge in [-0.05, 0) is 17.7 Å². The number of aromatic nitrogens is 1. The lowest BCUT2D eigenvalue weighted by Crippen LogP contribution is -2.20. The molecule has 0 bridgehead atoms. The van der Waals surface area contributed by atoms with Crippen molar-refractivity contribution in [2.75, 3.05) is 12.8 Å². The summed E-state index contributed by atoms with van der Waals surface area (Å²) in [6.07, 6.45) is 2.27. The van der Waals surface area contributed by atoms with E-state index in [2.05, 4.69) is 10.3 Å². The molecular formula is C13H16N2O3S2. The molecule has 2 aromatic rings. The van der Waals surface area contributed by atoms with Gasteiger partial charge in [-0.2, -0.15) is 0 Å². The lowest BCUT2D eigenvalue weighted by atomic mass is 10.1. The molecule has 0 amide bonds. The molecule has 2 rings (SSSR count). The fourth-order valence-electron chi connectivity index (χ4n) is 1.72. The van der Waals surface area contributed by atoms with Gasteiger partial charge < -0.3 is 10.4 Å². The predicted octanol–water partition coefficient (Wildman–Crippen LogP) is 1.37. The van der Waals surface area contributed by atoms with Crippen LogP contribution in [0.1, 0.15) is 16.5 Å². The molecular weight excluding hydrogens is 296 g/mol. The Morgan fingerprint density at radius 1 is 1.35 bits per heavy atom. The molecule has 5 nitrogen and oxygen atoms in total. The van der Waals surface area contributed by atoms with Crippen molar-refractivity contribution >= 4 is 21.2 Å². The number of hydrogen-bond donors (Lipinski definition) is 2. The fourth-order valence-corrected chi connectivity index (χ4v) is 2.91. The van der Waals surface area contributed by atoms with Crippen LogP contribution in [-0.2, 0) is 16.4 Å². The van der Waals surface area contributed by atoms with Crippen LogP contribution >= 0.6 is 11.3 Å². The second-order valence-electron chi connectivity index (χ2n) is 4.46. The van der Waals surface area contributed by atoms with E-state index in [1.165, 1.54) is 12.1 Å². The first-order valence-corrected chi connectivity index (χ1v) is 8.80. The van der Waals surface area contributed by atoms with Crippen LogP contribution in [0.25, 0.3) is 0 Å². The highest BCUT2D eigenvalue weighted by Gasteiger charge is 2.10. The minimum absolute atomic E-state index is 0.256. The van der Waals surface area contributed by atoms with Crippen LogP contribution in [0.15, 0.2) is 40.9 Å². The number of rotatable bonds is 6. The molecule has 0 aliphatic carbocycles. The van der Waals surface area contributed by atoms with Crippen molar-refractivity contribution in [3.8, 4) is 0 Å². The normalized spacial score (nSPS) is 13.3. The third-order valence-corrected chi connectivity index (χ3v) is 4.72. The van der Waals surface area contributed by atoms with E-state index in [-0.39, 0.29) is 4.90 Å². The van der Waals surface area contributed by atoms with Gasteiger partial charge in [-0.1, -0.05) is 12.1 Å². The van der Waals surface area contributed by atoms with Crippen molar-refractivity contribution in [2.24, 2.45) is 0 Å². The van der Waals surface area contributed by atoms with E-state index in [1.54, 1.807) is 35.2 Å². The Morgan fingerprint density at radius 2 is 2.05 bits per heavy atom. The van der Waals surface area contributed by atoms with Crippen molar-refractivity contribution in [1.29, 1.82) is 0 Å². The first kappa shape index (κ1) is 15.1. The predicted molar refractivity (Wildman–Crippen MR) is 78.3 cm³/mol. The smallest absolute Gasteiger partial charge is 0.175 e. The fraction of sp³-hybridized carbons (Fsp3) is 0.308. The molecule has 0 fully saturated rings. The molecule has 1 unspecified atom stereocenters. The zero-order valence-electron chi connectivity index (χ0n) is 11.0. The molecule has 1 aromatic heterocycles. The van der Waals surface area contributed by atoms with Crippen molar-refractivity contribution < 1.29 is 13.5 Å². The highest BCUT2D eigenvalue weighted by Crippen LogP contribution is 2.16. The number of sulfone groups is 1. The summed E-state index contributed by atoms with van der Waals surface area (Å²) < 4.78 is 22.7. The Bertz CT molecular complexity index is 637. The van der Waals surface area contributed by atoms with Gasteiger partial charge >= 0.3 is 0 Å². The molecule has 2 N–H and O–H groups in total. The number of nitrogens with one attached hydrogen (secondary N) is 1. The standard InChI is InChI=1S/C13H16N2O3S2/c1-20(17,18)12-4-2-10(3-5-12)13(16)8-14-6-11-7-15-9-19-11/h2-5,7,9,13-14,16H,6,8H2,1H3. The molecule has 20 heavy (non-hydrogen) atoms. The molecule has 108 valence electrons. The molecule has 0 spiro atoms. The number of aliphatic hydroxyl groups excluding tert-OH is 1. The topological polar surface area (TPSA) is 79.3 Å². The van der Waals surface area contributed by atoms with Gasteiger partial charge in [-0.3, -0.25) is 4.98 Å². The molecule has 0 aliphatic heterocycles. The zero-order valence-corrected chi connectivity index (χ0v) is 12.6. The highest BCUT2D eigenvalue weighted by molar-refractivity contribution is 7.90. The highest BCUT2D eigenvalue weighted by atomic mass is 32.2. The molecule has 7 heteroatoms. The zero-order chi connectivity index (χ0) is 14.6. The van der Waals surface area contributed by atoms with E-state index >= 15 is 0 Å². The molecule has 0 saturated heterocycles. The monoisotopic (exact) mass is 312 g/mol. The Kier molecular flexibility index (Phi) is 4.87. The first-order chi connectivity index (χ1) is 9.47. The van der Waals surface area contributed by atoms with E-state index in [9.17, 15) is 13.5 Å². The van der Waals surface area contributed by atoms with Gasteiger partial charge in [0.1, 0.15) is 0 Å². The second kappa shape index (κ2) is 6.45. The van der Waals surface area contributed by atoms with E-state index < -0.39 is 15.9 Å². The van der Waals surface area contributed by atoms with Gasteiger partial charge in [-0.25, -0.2) is 8.42 Å². The number of benzene rings is 1. The molecule has 0 radical (unpaired) electrons. The van der Waals surface area contributed by atoms with E-state index in [0.29, 0.717) is 18.7 Å². The van der Waals surface area contributed by atoms with Crippen molar-refractivity contribution in [1.82, 2.24) is 10.3 Å². The van der Waals surface area contributed by atoms with Crippen LogP contribution < -0.4 is 5.32 Å². The van der Waals surface area contributed by atoms with E-state index in [1.807, 2.05) is 0 Å². The molecule has 1 atom stereocenters. The minimum Gasteiger partial charge on any atom is -0.387 e. The van der Waals surface area contributed by atoms with Gasteiger partial charge in [0.15, 0.2) is 9.84 Å². The van der Waals surface area contributed by atoms with Gasteiger partial charge in [0.05, 0.1) is 16.5 Å². The summed E-state index contributed by atoms with van der Waals surface area (Å²) >= 11 is 1.55. The minimum atomic E-state index is -3.19. The number of thiazole rings is 1. The van der Waals surface area contributed by atoms with E-state index in [4.69, 9.17) is 0 Å². The maximum absolute atomic E-state index is 11.3. The van der Waals surface area contributed by atoms with Crippen LogP contribution in [0.3, 0.4) is 0 Å². The van der Waals surface area contributed by atoms with Crippen molar-refractivity contribution in [3.05, 3.63) is 46.4 Å². The summed E-state index contributed by atoms with van der Waals surface area (Å²) in [5.41, 5.74) is 2.45. The molecule has 1 heterocycles. The Morgan fingerprint density at radius 3 is 2.60 bits per heavy atom. The van der Waals surface area contributed by atoms with Crippen LogP contribution in [-0.4, -0.2) is 31.3 Å². The third kappa shape index (κ3) is 4.11. The summed E-state index contributed by atoms with van der Waals surface area (Å²) in [6, 6.07) is 6.29. The van der Waals surface area contributed by atoms with Crippen LogP contribution in [0.5, 0.6) is 0 Å². The molecule has 0 saturated carbocycles. The summed E-state index contributed by atoms with van der Waals surface area (Å²) in [7, 11) is -3.19. The third-order valence-electron chi connectivity index (χ3n) is 2.81. The van der Waals surface area contributed by atoms with Gasteiger partial charge in [0.2, 0.25) is 0 Å². The number of hydrogen-bond acceptors (Lipinski definition) is 6. The van der Waals surface area contributed by atoms with Crippen LogP contribution in [0.4, 0.5) is 0 Å². The van der Waals surface area contributed by atoms with E-state index in [0.717, 1.165) is 11.1 Å². The maximum Gasteiger partial charge on any atom is 0.175 e. The van der Waals surface area contributed by atoms with Crippen LogP contribution in [0, 0.1) is 0 Å². The lowest BCUT2D eigenvalue weighted by molar-refractivity contribution is 0.174. The lowest BCUT2D eigenvalue weighted by Gasteiger charge is -2.12. The average molecular weight is 312 g/mol. The molecule has 1 aromatic carbocycles. The van der Waals surface area contributed by atoms with Gasteiger partial charge in [-0.15, -0.1) is 11.3 Å². The summed E-state index contributed by atoms with van der Waals surface area (Å²) in [5, 5.41) is 13.2. The van der Waals surface area contributed by atoms with Gasteiger partial charge in [0, 0.05) is 30.4 Å². The quantitative estimate of drug-likeness (QED) is 0.842. The largest absolute Gasteiger partial charge is 0.387 e. The summed E-state index contributed by atoms with van der Waals surface area (Å²) in [4.78, 5) is 5.33.